The van der Waals surface area contributed by atoms with Crippen molar-refractivity contribution in [3.05, 3.63) is 33.3 Å². The van der Waals surface area contributed by atoms with Gasteiger partial charge in [-0.3, -0.25) is 14.9 Å². The quantitative estimate of drug-likeness (QED) is 0.665. The summed E-state index contributed by atoms with van der Waals surface area (Å²) >= 11 is 6.06. The minimum atomic E-state index is -0.498. The van der Waals surface area contributed by atoms with Gasteiger partial charge in [0.2, 0.25) is 5.91 Å². The third-order valence-corrected chi connectivity index (χ3v) is 3.70. The summed E-state index contributed by atoms with van der Waals surface area (Å²) < 4.78 is 0. The van der Waals surface area contributed by atoms with E-state index in [-0.39, 0.29) is 23.2 Å². The van der Waals surface area contributed by atoms with Gasteiger partial charge in [0.1, 0.15) is 0 Å². The average Bonchev–Trinajstić information content (AvgIpc) is 2.47. The van der Waals surface area contributed by atoms with Crippen molar-refractivity contribution in [2.45, 2.75) is 0 Å². The normalized spacial score (nSPS) is 14.9. The SMILES string of the molecule is CN(CC(=O)N1CCNCC1)c1ccc([N+](=O)[O-])cc1Cl. The molecule has 1 heterocycles. The summed E-state index contributed by atoms with van der Waals surface area (Å²) in [6, 6.07) is 4.24. The molecule has 114 valence electrons. The van der Waals surface area contributed by atoms with Crippen LogP contribution in [-0.2, 0) is 4.79 Å². The number of amides is 1. The number of carbonyl (C=O) groups excluding carboxylic acids is 1. The maximum atomic E-state index is 12.2. The minimum Gasteiger partial charge on any atom is -0.364 e. The van der Waals surface area contributed by atoms with Crippen molar-refractivity contribution in [1.82, 2.24) is 10.2 Å². The van der Waals surface area contributed by atoms with Crippen LogP contribution in [0.15, 0.2) is 18.2 Å². The second-order valence-electron chi connectivity index (χ2n) is 4.88. The number of nitro benzene ring substituents is 1. The minimum absolute atomic E-state index is 0.0217. The van der Waals surface area contributed by atoms with Crippen LogP contribution in [0.2, 0.25) is 5.02 Å². The van der Waals surface area contributed by atoms with Crippen molar-refractivity contribution in [3.8, 4) is 0 Å². The number of carbonyl (C=O) groups is 1. The van der Waals surface area contributed by atoms with Crippen LogP contribution in [0.5, 0.6) is 0 Å². The third kappa shape index (κ3) is 3.83. The van der Waals surface area contributed by atoms with Crippen molar-refractivity contribution >= 4 is 28.9 Å². The molecule has 0 atom stereocenters. The molecule has 0 unspecified atom stereocenters. The molecule has 21 heavy (non-hydrogen) atoms. The van der Waals surface area contributed by atoms with Gasteiger partial charge in [-0.05, 0) is 6.07 Å². The van der Waals surface area contributed by atoms with Gasteiger partial charge in [0.15, 0.2) is 0 Å². The molecule has 1 amide bonds. The van der Waals surface area contributed by atoms with Crippen molar-refractivity contribution in [2.75, 3.05) is 44.7 Å². The number of nitrogens with one attached hydrogen (secondary N) is 1. The Kier molecular flexibility index (Phi) is 4.98. The van der Waals surface area contributed by atoms with Gasteiger partial charge in [0.25, 0.3) is 5.69 Å². The molecule has 1 aromatic rings. The smallest absolute Gasteiger partial charge is 0.271 e. The van der Waals surface area contributed by atoms with Gasteiger partial charge in [0, 0.05) is 45.4 Å². The molecule has 0 aromatic heterocycles. The molecule has 0 aliphatic carbocycles. The fraction of sp³-hybridized carbons (Fsp3) is 0.462. The van der Waals surface area contributed by atoms with E-state index in [1.165, 1.54) is 12.1 Å². The largest absolute Gasteiger partial charge is 0.364 e. The number of piperazine rings is 1. The Balaban J connectivity index is 2.04. The van der Waals surface area contributed by atoms with E-state index in [9.17, 15) is 14.9 Å². The molecule has 2 rings (SSSR count). The molecule has 7 nitrogen and oxygen atoms in total. The molecule has 8 heteroatoms. The zero-order chi connectivity index (χ0) is 15.4. The summed E-state index contributed by atoms with van der Waals surface area (Å²) in [5.74, 6) is 0.0217. The lowest BCUT2D eigenvalue weighted by atomic mass is 10.2. The van der Waals surface area contributed by atoms with E-state index in [1.807, 2.05) is 0 Å². The first-order valence-electron chi connectivity index (χ1n) is 6.62. The van der Waals surface area contributed by atoms with E-state index in [1.54, 1.807) is 22.9 Å². The Morgan fingerprint density at radius 2 is 2.14 bits per heavy atom. The molecule has 1 saturated heterocycles. The van der Waals surface area contributed by atoms with Gasteiger partial charge in [-0.15, -0.1) is 0 Å². The number of hydrogen-bond acceptors (Lipinski definition) is 5. The van der Waals surface area contributed by atoms with Crippen molar-refractivity contribution < 1.29 is 9.72 Å². The second kappa shape index (κ2) is 6.73. The zero-order valence-electron chi connectivity index (χ0n) is 11.7. The summed E-state index contributed by atoms with van der Waals surface area (Å²) in [5.41, 5.74) is 0.538. The van der Waals surface area contributed by atoms with Crippen LogP contribution >= 0.6 is 11.6 Å². The average molecular weight is 313 g/mol. The van der Waals surface area contributed by atoms with Crippen LogP contribution in [0.3, 0.4) is 0 Å². The number of nitrogens with zero attached hydrogens (tertiary/aromatic N) is 3. The first-order chi connectivity index (χ1) is 9.99. The Morgan fingerprint density at radius 3 is 2.71 bits per heavy atom. The van der Waals surface area contributed by atoms with Gasteiger partial charge in [0.05, 0.1) is 22.2 Å². The zero-order valence-corrected chi connectivity index (χ0v) is 12.5. The Bertz CT molecular complexity index is 546. The molecule has 1 fully saturated rings. The fourth-order valence-electron chi connectivity index (χ4n) is 2.22. The highest BCUT2D eigenvalue weighted by Crippen LogP contribution is 2.29. The van der Waals surface area contributed by atoms with E-state index in [4.69, 9.17) is 11.6 Å². The number of benzene rings is 1. The Morgan fingerprint density at radius 1 is 1.48 bits per heavy atom. The first-order valence-corrected chi connectivity index (χ1v) is 7.00. The molecule has 1 N–H and O–H groups in total. The standard InChI is InChI=1S/C13H17ClN4O3/c1-16(9-13(19)17-6-4-15-5-7-17)12-3-2-10(18(20)21)8-11(12)14/h2-3,8,15H,4-7,9H2,1H3. The van der Waals surface area contributed by atoms with Gasteiger partial charge < -0.3 is 15.1 Å². The monoisotopic (exact) mass is 312 g/mol. The third-order valence-electron chi connectivity index (χ3n) is 3.40. The van der Waals surface area contributed by atoms with E-state index >= 15 is 0 Å². The van der Waals surface area contributed by atoms with Crippen molar-refractivity contribution in [2.24, 2.45) is 0 Å². The van der Waals surface area contributed by atoms with Gasteiger partial charge in [-0.2, -0.15) is 0 Å². The van der Waals surface area contributed by atoms with Crippen molar-refractivity contribution in [3.63, 3.8) is 0 Å². The predicted molar refractivity (Wildman–Crippen MR) is 80.8 cm³/mol. The lowest BCUT2D eigenvalue weighted by Crippen LogP contribution is -2.49. The lowest BCUT2D eigenvalue weighted by Gasteiger charge is -2.30. The molecule has 0 spiro atoms. The highest BCUT2D eigenvalue weighted by molar-refractivity contribution is 6.33. The fourth-order valence-corrected chi connectivity index (χ4v) is 2.54. The van der Waals surface area contributed by atoms with E-state index in [2.05, 4.69) is 5.32 Å². The number of non-ortho nitro benzene ring substituents is 1. The van der Waals surface area contributed by atoms with Gasteiger partial charge >= 0.3 is 0 Å². The van der Waals surface area contributed by atoms with Gasteiger partial charge in [-0.25, -0.2) is 0 Å². The lowest BCUT2D eigenvalue weighted by molar-refractivity contribution is -0.384. The number of halogens is 1. The van der Waals surface area contributed by atoms with Crippen LogP contribution in [0.1, 0.15) is 0 Å². The maximum absolute atomic E-state index is 12.2. The maximum Gasteiger partial charge on any atom is 0.271 e. The van der Waals surface area contributed by atoms with Crippen LogP contribution in [-0.4, -0.2) is 55.5 Å². The second-order valence-corrected chi connectivity index (χ2v) is 5.29. The summed E-state index contributed by atoms with van der Waals surface area (Å²) in [6.45, 7) is 3.18. The topological polar surface area (TPSA) is 78.7 Å². The molecular weight excluding hydrogens is 296 g/mol. The number of nitro groups is 1. The highest BCUT2D eigenvalue weighted by atomic mass is 35.5. The van der Waals surface area contributed by atoms with E-state index < -0.39 is 4.92 Å². The highest BCUT2D eigenvalue weighted by Gasteiger charge is 2.19. The molecule has 0 saturated carbocycles. The predicted octanol–water partition coefficient (Wildman–Crippen LogP) is 1.12. The number of anilines is 1. The summed E-state index contributed by atoms with van der Waals surface area (Å²) in [4.78, 5) is 25.9. The van der Waals surface area contributed by atoms with Crippen LogP contribution < -0.4 is 10.2 Å². The first kappa shape index (κ1) is 15.5. The molecule has 1 aromatic carbocycles. The van der Waals surface area contributed by atoms with Crippen molar-refractivity contribution in [1.29, 1.82) is 0 Å². The van der Waals surface area contributed by atoms with E-state index in [0.29, 0.717) is 18.8 Å². The Hall–Kier alpha value is -1.86. The van der Waals surface area contributed by atoms with Crippen LogP contribution in [0.4, 0.5) is 11.4 Å². The molecule has 0 bridgehead atoms. The summed E-state index contributed by atoms with van der Waals surface area (Å²) in [5, 5.41) is 14.1. The molecular formula is C13H17ClN4O3. The molecule has 0 radical (unpaired) electrons. The number of rotatable bonds is 4. The number of likely N-dealkylation sites (N-methyl/N-ethyl adjacent to an activating group) is 1. The van der Waals surface area contributed by atoms with Crippen LogP contribution in [0.25, 0.3) is 0 Å². The summed E-state index contributed by atoms with van der Waals surface area (Å²) in [6.07, 6.45) is 0. The number of hydrogen-bond donors (Lipinski definition) is 1. The van der Waals surface area contributed by atoms with E-state index in [0.717, 1.165) is 13.1 Å². The molecule has 1 aliphatic heterocycles. The summed E-state index contributed by atoms with van der Waals surface area (Å²) in [7, 11) is 1.74. The molecule has 1 aliphatic rings. The van der Waals surface area contributed by atoms with Gasteiger partial charge in [-0.1, -0.05) is 11.6 Å². The van der Waals surface area contributed by atoms with Crippen LogP contribution in [0, 0.1) is 10.1 Å². The Labute approximate surface area is 127 Å².